The van der Waals surface area contributed by atoms with Gasteiger partial charge in [-0.3, -0.25) is 5.32 Å². The molecule has 146 valence electrons. The topological polar surface area (TPSA) is 59.1 Å². The van der Waals surface area contributed by atoms with Crippen LogP contribution in [0.2, 0.25) is 0 Å². The number of rotatable bonds is 1. The lowest BCUT2D eigenvalue weighted by Gasteiger charge is -2.38. The number of imide groups is 1. The molecule has 2 fully saturated rings. The zero-order valence-electron chi connectivity index (χ0n) is 16.6. The fourth-order valence-corrected chi connectivity index (χ4v) is 3.78. The highest BCUT2D eigenvalue weighted by molar-refractivity contribution is 5.98. The van der Waals surface area contributed by atoms with Gasteiger partial charge in [-0.2, -0.15) is 0 Å². The van der Waals surface area contributed by atoms with E-state index < -0.39 is 0 Å². The van der Waals surface area contributed by atoms with Crippen LogP contribution in [0.25, 0.3) is 0 Å². The predicted octanol–water partition coefficient (Wildman–Crippen LogP) is 3.00. The van der Waals surface area contributed by atoms with Gasteiger partial charge in [0.15, 0.2) is 0 Å². The number of nitrogens with one attached hydrogen (secondary N) is 1. The van der Waals surface area contributed by atoms with Gasteiger partial charge in [0.05, 0.1) is 5.70 Å². The van der Waals surface area contributed by atoms with Crippen molar-refractivity contribution in [2.75, 3.05) is 27.2 Å². The van der Waals surface area contributed by atoms with E-state index in [-0.39, 0.29) is 24.4 Å². The van der Waals surface area contributed by atoms with Crippen LogP contribution in [0, 0.1) is 0 Å². The Bertz CT molecular complexity index is 714. The maximum atomic E-state index is 12.8. The minimum Gasteiger partial charge on any atom is -0.359 e. The van der Waals surface area contributed by atoms with Crippen molar-refractivity contribution in [1.82, 2.24) is 24.9 Å². The van der Waals surface area contributed by atoms with Crippen LogP contribution < -0.4 is 5.32 Å². The largest absolute Gasteiger partial charge is 0.359 e. The van der Waals surface area contributed by atoms with Crippen LogP contribution in [-0.2, 0) is 0 Å². The van der Waals surface area contributed by atoms with E-state index in [1.54, 1.807) is 16.8 Å². The standard InChI is InChI=1S/C18H23N5O2.C2H6/c1-20-12-14-16(19-15(20)13-8-4-3-5-9-13)21(2)17(24)23(14)18(25)22-10-6-7-11-22;1-2/h3-5,8-9,12,15-16,19H,6-7,10-11H2,1-2H3;1-2H3. The highest BCUT2D eigenvalue weighted by atomic mass is 16.2. The molecule has 0 saturated carbocycles. The Balaban J connectivity index is 0.00000102. The van der Waals surface area contributed by atoms with Gasteiger partial charge in [-0.25, -0.2) is 14.5 Å². The number of carbonyl (C=O) groups is 2. The summed E-state index contributed by atoms with van der Waals surface area (Å²) in [6.45, 7) is 5.44. The Morgan fingerprint density at radius 3 is 2.30 bits per heavy atom. The number of hydrogen-bond donors (Lipinski definition) is 1. The molecule has 1 aromatic rings. The van der Waals surface area contributed by atoms with Crippen molar-refractivity contribution in [2.45, 2.75) is 39.0 Å². The first kappa shape index (κ1) is 19.2. The van der Waals surface area contributed by atoms with Crippen LogP contribution in [0.4, 0.5) is 9.59 Å². The first-order chi connectivity index (χ1) is 13.1. The summed E-state index contributed by atoms with van der Waals surface area (Å²) in [6, 6.07) is 9.59. The fourth-order valence-electron chi connectivity index (χ4n) is 3.78. The molecule has 7 nitrogen and oxygen atoms in total. The first-order valence-electron chi connectivity index (χ1n) is 9.68. The molecule has 3 heterocycles. The SMILES string of the molecule is CC.CN1C=C2C(NC1c1ccccc1)N(C)C(=O)N2C(=O)N1CCCC1. The number of amides is 4. The Labute approximate surface area is 161 Å². The van der Waals surface area contributed by atoms with Crippen LogP contribution in [-0.4, -0.2) is 65.0 Å². The van der Waals surface area contributed by atoms with Crippen molar-refractivity contribution in [2.24, 2.45) is 0 Å². The summed E-state index contributed by atoms with van der Waals surface area (Å²) in [6.07, 6.45) is 3.56. The van der Waals surface area contributed by atoms with E-state index in [0.717, 1.165) is 31.5 Å². The van der Waals surface area contributed by atoms with Gasteiger partial charge in [0, 0.05) is 33.4 Å². The van der Waals surface area contributed by atoms with Gasteiger partial charge in [0.2, 0.25) is 0 Å². The molecule has 0 spiro atoms. The lowest BCUT2D eigenvalue weighted by Crippen LogP contribution is -2.50. The average molecular weight is 371 g/mol. The molecule has 0 aromatic heterocycles. The third kappa shape index (κ3) is 3.39. The van der Waals surface area contributed by atoms with Crippen LogP contribution in [0.3, 0.4) is 0 Å². The average Bonchev–Trinajstić information content (AvgIpc) is 3.31. The van der Waals surface area contributed by atoms with Crippen LogP contribution in [0.5, 0.6) is 0 Å². The molecular weight excluding hydrogens is 342 g/mol. The molecule has 3 aliphatic rings. The van der Waals surface area contributed by atoms with Crippen LogP contribution in [0.1, 0.15) is 38.4 Å². The summed E-state index contributed by atoms with van der Waals surface area (Å²) >= 11 is 0. The van der Waals surface area contributed by atoms with Gasteiger partial charge < -0.3 is 14.7 Å². The quantitative estimate of drug-likeness (QED) is 0.824. The molecule has 27 heavy (non-hydrogen) atoms. The number of urea groups is 2. The first-order valence-corrected chi connectivity index (χ1v) is 9.68. The van der Waals surface area contributed by atoms with Gasteiger partial charge in [-0.1, -0.05) is 44.2 Å². The van der Waals surface area contributed by atoms with E-state index in [0.29, 0.717) is 5.70 Å². The number of fused-ring (bicyclic) bond motifs is 1. The third-order valence-electron chi connectivity index (χ3n) is 5.16. The molecule has 3 aliphatic heterocycles. The summed E-state index contributed by atoms with van der Waals surface area (Å²) in [5, 5.41) is 3.49. The molecule has 0 bridgehead atoms. The molecule has 7 heteroatoms. The van der Waals surface area contributed by atoms with Gasteiger partial charge in [0.25, 0.3) is 0 Å². The van der Waals surface area contributed by atoms with E-state index in [4.69, 9.17) is 0 Å². The summed E-state index contributed by atoms with van der Waals surface area (Å²) < 4.78 is 0. The Morgan fingerprint density at radius 1 is 1.04 bits per heavy atom. The highest BCUT2D eigenvalue weighted by Gasteiger charge is 2.48. The third-order valence-corrected chi connectivity index (χ3v) is 5.16. The molecule has 0 radical (unpaired) electrons. The second kappa shape index (κ2) is 8.00. The maximum Gasteiger partial charge on any atom is 0.334 e. The van der Waals surface area contributed by atoms with Gasteiger partial charge >= 0.3 is 12.1 Å². The number of carbonyl (C=O) groups excluding carboxylic acids is 2. The molecule has 2 unspecified atom stereocenters. The van der Waals surface area contributed by atoms with E-state index in [1.165, 1.54) is 4.90 Å². The number of benzene rings is 1. The van der Waals surface area contributed by atoms with E-state index >= 15 is 0 Å². The molecule has 2 saturated heterocycles. The highest BCUT2D eigenvalue weighted by Crippen LogP contribution is 2.33. The summed E-state index contributed by atoms with van der Waals surface area (Å²) in [7, 11) is 3.69. The smallest absolute Gasteiger partial charge is 0.334 e. The normalized spacial score (nSPS) is 24.4. The van der Waals surface area contributed by atoms with Crippen LogP contribution >= 0.6 is 0 Å². The number of hydrogen-bond acceptors (Lipinski definition) is 4. The van der Waals surface area contributed by atoms with E-state index in [2.05, 4.69) is 17.4 Å². The predicted molar refractivity (Wildman–Crippen MR) is 105 cm³/mol. The second-order valence-corrected chi connectivity index (χ2v) is 6.81. The fraction of sp³-hybridized carbons (Fsp3) is 0.500. The second-order valence-electron chi connectivity index (χ2n) is 6.81. The van der Waals surface area contributed by atoms with Crippen molar-refractivity contribution in [1.29, 1.82) is 0 Å². The Hall–Kier alpha value is -2.54. The summed E-state index contributed by atoms with van der Waals surface area (Å²) in [5.74, 6) is 0. The molecule has 1 aromatic carbocycles. The van der Waals surface area contributed by atoms with Crippen molar-refractivity contribution in [3.05, 3.63) is 47.8 Å². The van der Waals surface area contributed by atoms with Crippen molar-refractivity contribution in [3.8, 4) is 0 Å². The molecule has 2 atom stereocenters. The van der Waals surface area contributed by atoms with Gasteiger partial charge in [0.1, 0.15) is 12.3 Å². The lowest BCUT2D eigenvalue weighted by atomic mass is 10.1. The van der Waals surface area contributed by atoms with Gasteiger partial charge in [-0.05, 0) is 18.4 Å². The maximum absolute atomic E-state index is 12.8. The number of likely N-dealkylation sites (tertiary alicyclic amines) is 1. The lowest BCUT2D eigenvalue weighted by molar-refractivity contribution is 0.169. The summed E-state index contributed by atoms with van der Waals surface area (Å²) in [5.41, 5.74) is 1.81. The molecular formula is C20H29N5O2. The zero-order valence-corrected chi connectivity index (χ0v) is 16.6. The summed E-state index contributed by atoms with van der Waals surface area (Å²) in [4.78, 5) is 32.3. The van der Waals surface area contributed by atoms with Crippen molar-refractivity contribution >= 4 is 12.1 Å². The Kier molecular flexibility index (Phi) is 5.70. The zero-order chi connectivity index (χ0) is 19.6. The van der Waals surface area contributed by atoms with E-state index in [9.17, 15) is 9.59 Å². The number of nitrogens with zero attached hydrogens (tertiary/aromatic N) is 4. The van der Waals surface area contributed by atoms with E-state index in [1.807, 2.05) is 50.2 Å². The monoisotopic (exact) mass is 371 g/mol. The number of likely N-dealkylation sites (N-methyl/N-ethyl adjacent to an activating group) is 1. The van der Waals surface area contributed by atoms with Crippen molar-refractivity contribution in [3.63, 3.8) is 0 Å². The molecule has 4 amide bonds. The minimum atomic E-state index is -0.305. The van der Waals surface area contributed by atoms with Crippen molar-refractivity contribution < 1.29 is 9.59 Å². The molecule has 1 N–H and O–H groups in total. The minimum absolute atomic E-state index is 0.0490. The molecule has 4 rings (SSSR count). The van der Waals surface area contributed by atoms with Gasteiger partial charge in [-0.15, -0.1) is 0 Å². The van der Waals surface area contributed by atoms with Crippen LogP contribution in [0.15, 0.2) is 42.2 Å². The molecule has 0 aliphatic carbocycles. The Morgan fingerprint density at radius 2 is 1.67 bits per heavy atom.